The second-order valence-corrected chi connectivity index (χ2v) is 4.76. The lowest BCUT2D eigenvalue weighted by Gasteiger charge is -2.09. The van der Waals surface area contributed by atoms with Crippen LogP contribution in [0.3, 0.4) is 0 Å². The third-order valence-corrected chi connectivity index (χ3v) is 3.34. The topological polar surface area (TPSA) is 17.1 Å². The molecule has 0 saturated heterocycles. The van der Waals surface area contributed by atoms with Gasteiger partial charge in [-0.05, 0) is 49.1 Å². The quantitative estimate of drug-likeness (QED) is 0.751. The van der Waals surface area contributed by atoms with Crippen molar-refractivity contribution in [3.05, 3.63) is 70.0 Å². The Morgan fingerprint density at radius 1 is 1.11 bits per heavy atom. The zero-order valence-electron chi connectivity index (χ0n) is 11.5. The number of halogens is 1. The van der Waals surface area contributed by atoms with Gasteiger partial charge in [0.15, 0.2) is 5.78 Å². The van der Waals surface area contributed by atoms with Gasteiger partial charge >= 0.3 is 0 Å². The van der Waals surface area contributed by atoms with Gasteiger partial charge in [-0.3, -0.25) is 4.79 Å². The lowest BCUT2D eigenvalue weighted by molar-refractivity contribution is 0.103. The summed E-state index contributed by atoms with van der Waals surface area (Å²) in [5, 5.41) is 0. The van der Waals surface area contributed by atoms with Crippen LogP contribution < -0.4 is 0 Å². The van der Waals surface area contributed by atoms with E-state index in [0.29, 0.717) is 22.3 Å². The summed E-state index contributed by atoms with van der Waals surface area (Å²) in [5.41, 5.74) is 3.30. The smallest absolute Gasteiger partial charge is 0.193 e. The molecular weight excluding hydrogens is 239 g/mol. The van der Waals surface area contributed by atoms with Gasteiger partial charge < -0.3 is 0 Å². The Labute approximate surface area is 113 Å². The molecule has 0 amide bonds. The lowest BCUT2D eigenvalue weighted by atomic mass is 9.95. The third-order valence-electron chi connectivity index (χ3n) is 3.34. The molecule has 0 aliphatic carbocycles. The summed E-state index contributed by atoms with van der Waals surface area (Å²) in [4.78, 5) is 12.5. The van der Waals surface area contributed by atoms with Crippen molar-refractivity contribution in [2.24, 2.45) is 0 Å². The average Bonchev–Trinajstić information content (AvgIpc) is 2.43. The van der Waals surface area contributed by atoms with Gasteiger partial charge in [0.25, 0.3) is 0 Å². The van der Waals surface area contributed by atoms with E-state index in [1.807, 2.05) is 31.2 Å². The first-order valence-corrected chi connectivity index (χ1v) is 6.44. The SMILES string of the molecule is CCc1ccccc1C(=O)c1cc(C)c(F)c(C)c1. The van der Waals surface area contributed by atoms with Gasteiger partial charge in [-0.1, -0.05) is 31.2 Å². The number of rotatable bonds is 3. The molecule has 0 aromatic heterocycles. The van der Waals surface area contributed by atoms with E-state index in [1.54, 1.807) is 26.0 Å². The number of carbonyl (C=O) groups excluding carboxylic acids is 1. The molecule has 2 heteroatoms. The Morgan fingerprint density at radius 3 is 2.26 bits per heavy atom. The number of ketones is 1. The van der Waals surface area contributed by atoms with Crippen LogP contribution in [-0.2, 0) is 6.42 Å². The van der Waals surface area contributed by atoms with Crippen molar-refractivity contribution < 1.29 is 9.18 Å². The van der Waals surface area contributed by atoms with E-state index >= 15 is 0 Å². The first kappa shape index (κ1) is 13.5. The molecule has 2 rings (SSSR count). The summed E-state index contributed by atoms with van der Waals surface area (Å²) in [5.74, 6) is -0.274. The van der Waals surface area contributed by atoms with Crippen LogP contribution >= 0.6 is 0 Å². The van der Waals surface area contributed by atoms with Gasteiger partial charge in [-0.2, -0.15) is 0 Å². The summed E-state index contributed by atoms with van der Waals surface area (Å²) in [6.45, 7) is 5.39. The molecule has 0 atom stereocenters. The van der Waals surface area contributed by atoms with E-state index in [2.05, 4.69) is 0 Å². The fourth-order valence-electron chi connectivity index (χ4n) is 2.28. The van der Waals surface area contributed by atoms with Gasteiger partial charge in [-0.15, -0.1) is 0 Å². The highest BCUT2D eigenvalue weighted by Crippen LogP contribution is 2.20. The van der Waals surface area contributed by atoms with Gasteiger partial charge in [-0.25, -0.2) is 4.39 Å². The second kappa shape index (κ2) is 5.35. The van der Waals surface area contributed by atoms with Crippen LogP contribution in [0.15, 0.2) is 36.4 Å². The van der Waals surface area contributed by atoms with Crippen molar-refractivity contribution in [3.8, 4) is 0 Å². The summed E-state index contributed by atoms with van der Waals surface area (Å²) >= 11 is 0. The molecule has 0 spiro atoms. The predicted molar refractivity (Wildman–Crippen MR) is 75.1 cm³/mol. The van der Waals surface area contributed by atoms with Crippen molar-refractivity contribution >= 4 is 5.78 Å². The summed E-state index contributed by atoms with van der Waals surface area (Å²) in [6.07, 6.45) is 0.807. The minimum Gasteiger partial charge on any atom is -0.289 e. The fraction of sp³-hybridized carbons (Fsp3) is 0.235. The Hall–Kier alpha value is -1.96. The predicted octanol–water partition coefficient (Wildman–Crippen LogP) is 4.24. The minimum atomic E-state index is -0.236. The largest absolute Gasteiger partial charge is 0.289 e. The number of benzene rings is 2. The van der Waals surface area contributed by atoms with Crippen LogP contribution in [0.25, 0.3) is 0 Å². The van der Waals surface area contributed by atoms with E-state index in [0.717, 1.165) is 12.0 Å². The van der Waals surface area contributed by atoms with Crippen molar-refractivity contribution in [2.45, 2.75) is 27.2 Å². The Bertz CT molecular complexity index is 606. The third kappa shape index (κ3) is 2.58. The highest BCUT2D eigenvalue weighted by Gasteiger charge is 2.14. The van der Waals surface area contributed by atoms with Gasteiger partial charge in [0, 0.05) is 11.1 Å². The van der Waals surface area contributed by atoms with Gasteiger partial charge in [0.1, 0.15) is 5.82 Å². The van der Waals surface area contributed by atoms with E-state index in [9.17, 15) is 9.18 Å². The number of hydrogen-bond donors (Lipinski definition) is 0. The molecule has 0 fully saturated rings. The van der Waals surface area contributed by atoms with Crippen LogP contribution in [0, 0.1) is 19.7 Å². The molecule has 0 radical (unpaired) electrons. The molecule has 0 aliphatic rings. The van der Waals surface area contributed by atoms with Crippen LogP contribution in [0.1, 0.15) is 39.5 Å². The first-order chi connectivity index (χ1) is 9.04. The number of carbonyl (C=O) groups is 1. The van der Waals surface area contributed by atoms with Crippen molar-refractivity contribution in [1.82, 2.24) is 0 Å². The van der Waals surface area contributed by atoms with Gasteiger partial charge in [0.2, 0.25) is 0 Å². The first-order valence-electron chi connectivity index (χ1n) is 6.44. The molecule has 19 heavy (non-hydrogen) atoms. The number of hydrogen-bond acceptors (Lipinski definition) is 1. The van der Waals surface area contributed by atoms with Crippen LogP contribution in [0.5, 0.6) is 0 Å². The maximum absolute atomic E-state index is 13.6. The van der Waals surface area contributed by atoms with E-state index < -0.39 is 0 Å². The zero-order chi connectivity index (χ0) is 14.0. The molecular formula is C17H17FO. The second-order valence-electron chi connectivity index (χ2n) is 4.76. The molecule has 2 aromatic rings. The molecule has 0 saturated carbocycles. The van der Waals surface area contributed by atoms with Crippen molar-refractivity contribution in [2.75, 3.05) is 0 Å². The standard InChI is InChI=1S/C17H17FO/c1-4-13-7-5-6-8-15(13)17(19)14-9-11(2)16(18)12(3)10-14/h5-10H,4H2,1-3H3. The molecule has 0 aliphatic heterocycles. The van der Waals surface area contributed by atoms with E-state index in [1.165, 1.54) is 0 Å². The Kier molecular flexibility index (Phi) is 3.79. The zero-order valence-corrected chi connectivity index (χ0v) is 11.5. The molecule has 0 bridgehead atoms. The Morgan fingerprint density at radius 2 is 1.68 bits per heavy atom. The fourth-order valence-corrected chi connectivity index (χ4v) is 2.28. The summed E-state index contributed by atoms with van der Waals surface area (Å²) in [6, 6.07) is 10.8. The normalized spacial score (nSPS) is 10.5. The lowest BCUT2D eigenvalue weighted by Crippen LogP contribution is -2.06. The van der Waals surface area contributed by atoms with E-state index in [4.69, 9.17) is 0 Å². The summed E-state index contributed by atoms with van der Waals surface area (Å²) in [7, 11) is 0. The molecule has 98 valence electrons. The maximum Gasteiger partial charge on any atom is 0.193 e. The molecule has 1 nitrogen and oxygen atoms in total. The van der Waals surface area contributed by atoms with E-state index in [-0.39, 0.29) is 11.6 Å². The van der Waals surface area contributed by atoms with Gasteiger partial charge in [0.05, 0.1) is 0 Å². The number of aryl methyl sites for hydroxylation is 3. The summed E-state index contributed by atoms with van der Waals surface area (Å²) < 4.78 is 13.6. The molecule has 2 aromatic carbocycles. The highest BCUT2D eigenvalue weighted by molar-refractivity contribution is 6.10. The van der Waals surface area contributed by atoms with Crippen molar-refractivity contribution in [1.29, 1.82) is 0 Å². The maximum atomic E-state index is 13.6. The molecule has 0 N–H and O–H groups in total. The van der Waals surface area contributed by atoms with Crippen LogP contribution in [0.4, 0.5) is 4.39 Å². The van der Waals surface area contributed by atoms with Crippen molar-refractivity contribution in [3.63, 3.8) is 0 Å². The van der Waals surface area contributed by atoms with Crippen LogP contribution in [-0.4, -0.2) is 5.78 Å². The Balaban J connectivity index is 2.50. The molecule has 0 unspecified atom stereocenters. The minimum absolute atomic E-state index is 0.0383. The monoisotopic (exact) mass is 256 g/mol. The molecule has 0 heterocycles. The average molecular weight is 256 g/mol. The highest BCUT2D eigenvalue weighted by atomic mass is 19.1. The van der Waals surface area contributed by atoms with Crippen LogP contribution in [0.2, 0.25) is 0 Å².